The van der Waals surface area contributed by atoms with Crippen LogP contribution in [0.1, 0.15) is 25.3 Å². The smallest absolute Gasteiger partial charge is 0.312 e. The number of anilines is 1. The Kier molecular flexibility index (Phi) is 3.91. The van der Waals surface area contributed by atoms with Crippen LogP contribution in [-0.2, 0) is 19.1 Å². The summed E-state index contributed by atoms with van der Waals surface area (Å²) in [5, 5.41) is 0. The predicted molar refractivity (Wildman–Crippen MR) is 93.1 cm³/mol. The molecule has 2 saturated heterocycles. The standard InChI is InChI=1S/C20H23NO4/c1-3-4-10-24-19(23)16-15-8-9-20(25-15)12-21(18(22)17(16)20)14-7-5-6-13(2)11-14/h5-9,11,15-17H,3-4,10,12H2,1-2H3/t15-,16-,17-,20+/m1/s1. The van der Waals surface area contributed by atoms with E-state index < -0.39 is 17.4 Å². The van der Waals surface area contributed by atoms with Crippen LogP contribution in [0, 0.1) is 18.8 Å². The highest BCUT2D eigenvalue weighted by Crippen LogP contribution is 2.52. The van der Waals surface area contributed by atoms with Crippen LogP contribution < -0.4 is 4.90 Å². The molecule has 5 heteroatoms. The number of carbonyl (C=O) groups excluding carboxylic acids is 2. The van der Waals surface area contributed by atoms with Crippen molar-refractivity contribution < 1.29 is 19.1 Å². The number of hydrogen-bond donors (Lipinski definition) is 0. The largest absolute Gasteiger partial charge is 0.465 e. The number of unbranched alkanes of at least 4 members (excludes halogenated alkanes) is 1. The second kappa shape index (κ2) is 5.99. The summed E-state index contributed by atoms with van der Waals surface area (Å²) >= 11 is 0. The van der Waals surface area contributed by atoms with Crippen molar-refractivity contribution in [1.82, 2.24) is 0 Å². The monoisotopic (exact) mass is 341 g/mol. The highest BCUT2D eigenvalue weighted by atomic mass is 16.6. The van der Waals surface area contributed by atoms with Crippen LogP contribution in [0.5, 0.6) is 0 Å². The third kappa shape index (κ3) is 2.49. The molecule has 3 aliphatic heterocycles. The fourth-order valence-corrected chi connectivity index (χ4v) is 4.20. The average Bonchev–Trinajstić information content (AvgIpc) is 3.23. The van der Waals surface area contributed by atoms with Gasteiger partial charge in [0, 0.05) is 5.69 Å². The molecule has 0 aromatic heterocycles. The summed E-state index contributed by atoms with van der Waals surface area (Å²) in [6, 6.07) is 7.85. The van der Waals surface area contributed by atoms with Gasteiger partial charge in [-0.2, -0.15) is 0 Å². The minimum absolute atomic E-state index is 0.0464. The van der Waals surface area contributed by atoms with Crippen LogP contribution in [0.4, 0.5) is 5.69 Å². The van der Waals surface area contributed by atoms with Crippen LogP contribution in [0.15, 0.2) is 36.4 Å². The van der Waals surface area contributed by atoms with Gasteiger partial charge in [0.25, 0.3) is 0 Å². The Morgan fingerprint density at radius 2 is 2.28 bits per heavy atom. The zero-order valence-corrected chi connectivity index (χ0v) is 14.6. The van der Waals surface area contributed by atoms with E-state index >= 15 is 0 Å². The van der Waals surface area contributed by atoms with E-state index in [2.05, 4.69) is 0 Å². The first-order chi connectivity index (χ1) is 12.1. The number of fused-ring (bicyclic) bond motifs is 1. The zero-order chi connectivity index (χ0) is 17.6. The van der Waals surface area contributed by atoms with Crippen LogP contribution in [0.3, 0.4) is 0 Å². The predicted octanol–water partition coefficient (Wildman–Crippen LogP) is 2.62. The summed E-state index contributed by atoms with van der Waals surface area (Å²) in [6.45, 7) is 4.90. The zero-order valence-electron chi connectivity index (χ0n) is 14.6. The number of benzene rings is 1. The summed E-state index contributed by atoms with van der Waals surface area (Å²) in [6.07, 6.45) is 5.33. The number of amides is 1. The molecule has 0 saturated carbocycles. The van der Waals surface area contributed by atoms with Gasteiger partial charge in [0.05, 0.1) is 25.2 Å². The third-order valence-electron chi connectivity index (χ3n) is 5.43. The van der Waals surface area contributed by atoms with Gasteiger partial charge in [-0.3, -0.25) is 9.59 Å². The van der Waals surface area contributed by atoms with Crippen LogP contribution in [-0.4, -0.2) is 36.7 Å². The number of esters is 1. The lowest BCUT2D eigenvalue weighted by Crippen LogP contribution is -2.40. The van der Waals surface area contributed by atoms with Gasteiger partial charge < -0.3 is 14.4 Å². The molecular weight excluding hydrogens is 318 g/mol. The topological polar surface area (TPSA) is 55.8 Å². The number of rotatable bonds is 5. The minimum Gasteiger partial charge on any atom is -0.465 e. The van der Waals surface area contributed by atoms with Gasteiger partial charge >= 0.3 is 5.97 Å². The summed E-state index contributed by atoms with van der Waals surface area (Å²) < 4.78 is 11.5. The second-order valence-corrected chi connectivity index (χ2v) is 7.18. The molecule has 1 spiro atoms. The minimum atomic E-state index is -0.695. The van der Waals surface area contributed by atoms with Gasteiger partial charge in [-0.25, -0.2) is 0 Å². The molecule has 1 aromatic carbocycles. The Morgan fingerprint density at radius 1 is 1.44 bits per heavy atom. The van der Waals surface area contributed by atoms with E-state index in [-0.39, 0.29) is 18.0 Å². The maximum atomic E-state index is 13.1. The van der Waals surface area contributed by atoms with Crippen molar-refractivity contribution in [3.63, 3.8) is 0 Å². The van der Waals surface area contributed by atoms with Crippen molar-refractivity contribution >= 4 is 17.6 Å². The molecule has 2 fully saturated rings. The average molecular weight is 341 g/mol. The van der Waals surface area contributed by atoms with E-state index in [0.717, 1.165) is 24.1 Å². The molecule has 3 heterocycles. The fraction of sp³-hybridized carbons (Fsp3) is 0.500. The van der Waals surface area contributed by atoms with E-state index in [1.807, 2.05) is 50.3 Å². The molecule has 2 bridgehead atoms. The van der Waals surface area contributed by atoms with Crippen molar-refractivity contribution in [3.05, 3.63) is 42.0 Å². The third-order valence-corrected chi connectivity index (χ3v) is 5.43. The molecular formula is C20H23NO4. The Bertz CT molecular complexity index is 743. The van der Waals surface area contributed by atoms with Gasteiger partial charge in [0.15, 0.2) is 0 Å². The summed E-state index contributed by atoms with van der Waals surface area (Å²) in [5.74, 6) is -1.38. The van der Waals surface area contributed by atoms with Gasteiger partial charge in [-0.15, -0.1) is 0 Å². The molecule has 132 valence electrons. The normalized spacial score (nSPS) is 32.3. The van der Waals surface area contributed by atoms with E-state index in [1.165, 1.54) is 0 Å². The lowest BCUT2D eigenvalue weighted by molar-refractivity contribution is -0.152. The van der Waals surface area contributed by atoms with E-state index in [1.54, 1.807) is 4.90 Å². The van der Waals surface area contributed by atoms with Crippen molar-refractivity contribution in [2.45, 2.75) is 38.4 Å². The first-order valence-corrected chi connectivity index (χ1v) is 8.97. The lowest BCUT2D eigenvalue weighted by atomic mass is 9.77. The molecule has 4 atom stereocenters. The molecule has 0 radical (unpaired) electrons. The van der Waals surface area contributed by atoms with E-state index in [0.29, 0.717) is 13.2 Å². The van der Waals surface area contributed by atoms with Gasteiger partial charge in [-0.1, -0.05) is 37.6 Å². The number of nitrogens with zero attached hydrogens (tertiary/aromatic N) is 1. The molecule has 0 N–H and O–H groups in total. The Balaban J connectivity index is 1.60. The highest BCUT2D eigenvalue weighted by molar-refractivity contribution is 6.02. The maximum Gasteiger partial charge on any atom is 0.312 e. The SMILES string of the molecule is CCCCOC(=O)[C@@H]1[C@H]2C=C[C@@]3(CN(c4cccc(C)c4)C(=O)[C@@H]13)O2. The molecule has 1 amide bonds. The van der Waals surface area contributed by atoms with Crippen molar-refractivity contribution in [2.75, 3.05) is 18.1 Å². The van der Waals surface area contributed by atoms with Crippen molar-refractivity contribution in [2.24, 2.45) is 11.8 Å². The molecule has 25 heavy (non-hydrogen) atoms. The van der Waals surface area contributed by atoms with Gasteiger partial charge in [0.1, 0.15) is 11.5 Å². The quantitative estimate of drug-likeness (QED) is 0.469. The maximum absolute atomic E-state index is 13.1. The van der Waals surface area contributed by atoms with Crippen LogP contribution in [0.2, 0.25) is 0 Å². The summed E-state index contributed by atoms with van der Waals surface area (Å²) in [5.41, 5.74) is 1.25. The second-order valence-electron chi connectivity index (χ2n) is 7.18. The van der Waals surface area contributed by atoms with Crippen LogP contribution in [0.25, 0.3) is 0 Å². The molecule has 0 unspecified atom stereocenters. The van der Waals surface area contributed by atoms with E-state index in [9.17, 15) is 9.59 Å². The number of carbonyl (C=O) groups is 2. The molecule has 0 aliphatic carbocycles. The Hall–Kier alpha value is -2.14. The lowest BCUT2D eigenvalue weighted by Gasteiger charge is -2.22. The van der Waals surface area contributed by atoms with Crippen molar-refractivity contribution in [1.29, 1.82) is 0 Å². The first-order valence-electron chi connectivity index (χ1n) is 8.97. The molecule has 5 nitrogen and oxygen atoms in total. The van der Waals surface area contributed by atoms with Crippen LogP contribution >= 0.6 is 0 Å². The Labute approximate surface area is 147 Å². The summed E-state index contributed by atoms with van der Waals surface area (Å²) in [7, 11) is 0. The van der Waals surface area contributed by atoms with Crippen molar-refractivity contribution in [3.8, 4) is 0 Å². The number of ether oxygens (including phenoxy) is 2. The number of hydrogen-bond acceptors (Lipinski definition) is 4. The highest BCUT2D eigenvalue weighted by Gasteiger charge is 2.67. The van der Waals surface area contributed by atoms with Gasteiger partial charge in [0.2, 0.25) is 5.91 Å². The molecule has 1 aromatic rings. The molecule has 4 rings (SSSR count). The van der Waals surface area contributed by atoms with Gasteiger partial charge in [-0.05, 0) is 31.0 Å². The Morgan fingerprint density at radius 3 is 3.04 bits per heavy atom. The van der Waals surface area contributed by atoms with E-state index in [4.69, 9.17) is 9.47 Å². The summed E-state index contributed by atoms with van der Waals surface area (Å²) in [4.78, 5) is 27.5. The first kappa shape index (κ1) is 16.3. The fourth-order valence-electron chi connectivity index (χ4n) is 4.20. The number of aryl methyl sites for hydroxylation is 1. The molecule has 3 aliphatic rings.